The Labute approximate surface area is 114 Å². The molecule has 0 aromatic heterocycles. The average Bonchev–Trinajstić information content (AvgIpc) is 2.39. The van der Waals surface area contributed by atoms with Crippen molar-refractivity contribution in [1.29, 1.82) is 0 Å². The van der Waals surface area contributed by atoms with Crippen LogP contribution in [0.1, 0.15) is 6.92 Å². The van der Waals surface area contributed by atoms with E-state index >= 15 is 0 Å². The van der Waals surface area contributed by atoms with Crippen LogP contribution >= 0.6 is 11.8 Å². The summed E-state index contributed by atoms with van der Waals surface area (Å²) in [5, 5.41) is 2.15. The van der Waals surface area contributed by atoms with E-state index in [0.29, 0.717) is 5.69 Å². The van der Waals surface area contributed by atoms with Crippen molar-refractivity contribution in [3.05, 3.63) is 24.0 Å². The maximum Gasteiger partial charge on any atom is 0.315 e. The third-order valence-corrected chi connectivity index (χ3v) is 3.43. The van der Waals surface area contributed by atoms with Crippen molar-refractivity contribution in [2.75, 3.05) is 23.9 Å². The van der Waals surface area contributed by atoms with Crippen LogP contribution < -0.4 is 11.1 Å². The van der Waals surface area contributed by atoms with E-state index in [1.54, 1.807) is 6.92 Å². The van der Waals surface area contributed by atoms with E-state index in [1.165, 1.54) is 25.3 Å². The summed E-state index contributed by atoms with van der Waals surface area (Å²) in [5.41, 5.74) is 5.77. The average molecular weight is 286 g/mol. The van der Waals surface area contributed by atoms with Gasteiger partial charge in [-0.2, -0.15) is 0 Å². The number of carbonyl (C=O) groups excluding carboxylic acids is 2. The number of benzene rings is 1. The molecule has 1 rings (SSSR count). The first kappa shape index (κ1) is 15.3. The number of esters is 1. The summed E-state index contributed by atoms with van der Waals surface area (Å²) in [6.07, 6.45) is 0. The van der Waals surface area contributed by atoms with Gasteiger partial charge in [-0.05, 0) is 25.1 Å². The molecule has 0 aliphatic heterocycles. The number of hydrogen-bond acceptors (Lipinski definition) is 5. The normalized spacial score (nSPS) is 11.7. The highest BCUT2D eigenvalue weighted by molar-refractivity contribution is 8.01. The molecule has 0 heterocycles. The number of methoxy groups -OCH3 is 1. The monoisotopic (exact) mass is 286 g/mol. The fraction of sp³-hybridized carbons (Fsp3) is 0.333. The van der Waals surface area contributed by atoms with Crippen LogP contribution in [0.2, 0.25) is 0 Å². The zero-order valence-corrected chi connectivity index (χ0v) is 11.4. The molecule has 1 atom stereocenters. The number of halogens is 1. The summed E-state index contributed by atoms with van der Waals surface area (Å²) >= 11 is 1.15. The van der Waals surface area contributed by atoms with Crippen molar-refractivity contribution >= 4 is 35.0 Å². The van der Waals surface area contributed by atoms with Gasteiger partial charge in [0, 0.05) is 5.69 Å². The van der Waals surface area contributed by atoms with Gasteiger partial charge in [0.15, 0.2) is 0 Å². The van der Waals surface area contributed by atoms with Crippen LogP contribution in [-0.2, 0) is 14.3 Å². The molecule has 1 aromatic carbocycles. The minimum absolute atomic E-state index is 0.0346. The van der Waals surface area contributed by atoms with Crippen LogP contribution in [0, 0.1) is 5.82 Å². The first-order chi connectivity index (χ1) is 8.93. The molecule has 1 unspecified atom stereocenters. The number of nitrogen functional groups attached to an aromatic ring is 1. The third kappa shape index (κ3) is 4.78. The van der Waals surface area contributed by atoms with Gasteiger partial charge in [0.05, 0.1) is 23.8 Å². The number of nitrogens with one attached hydrogen (secondary N) is 1. The van der Waals surface area contributed by atoms with Crippen LogP contribution in [0.4, 0.5) is 15.8 Å². The van der Waals surface area contributed by atoms with Gasteiger partial charge in [0.1, 0.15) is 5.82 Å². The quantitative estimate of drug-likeness (QED) is 0.635. The van der Waals surface area contributed by atoms with Crippen molar-refractivity contribution in [1.82, 2.24) is 0 Å². The Bertz CT molecular complexity index is 482. The standard InChI is InChI=1S/C12H15FN2O3S/c1-7(19-6-11(16)18-2)12(17)15-8-3-4-9(13)10(14)5-8/h3-5,7H,6,14H2,1-2H3,(H,15,17). The summed E-state index contributed by atoms with van der Waals surface area (Å²) in [6, 6.07) is 3.93. The minimum Gasteiger partial charge on any atom is -0.468 e. The molecule has 7 heteroatoms. The van der Waals surface area contributed by atoms with Gasteiger partial charge in [-0.3, -0.25) is 9.59 Å². The lowest BCUT2D eigenvalue weighted by Crippen LogP contribution is -2.24. The highest BCUT2D eigenvalue weighted by atomic mass is 32.2. The molecule has 0 spiro atoms. The Morgan fingerprint density at radius 1 is 1.53 bits per heavy atom. The highest BCUT2D eigenvalue weighted by Crippen LogP contribution is 2.18. The zero-order valence-electron chi connectivity index (χ0n) is 10.6. The predicted molar refractivity (Wildman–Crippen MR) is 73.4 cm³/mol. The molecular weight excluding hydrogens is 271 g/mol. The summed E-state index contributed by atoms with van der Waals surface area (Å²) in [7, 11) is 1.29. The van der Waals surface area contributed by atoms with E-state index in [9.17, 15) is 14.0 Å². The molecule has 0 radical (unpaired) electrons. The van der Waals surface area contributed by atoms with E-state index in [1.807, 2.05) is 0 Å². The molecule has 5 nitrogen and oxygen atoms in total. The summed E-state index contributed by atoms with van der Waals surface area (Å²) < 4.78 is 17.4. The van der Waals surface area contributed by atoms with Gasteiger partial charge >= 0.3 is 5.97 Å². The molecule has 0 bridgehead atoms. The third-order valence-electron chi connectivity index (χ3n) is 2.31. The lowest BCUT2D eigenvalue weighted by atomic mass is 10.2. The second-order valence-electron chi connectivity index (χ2n) is 3.75. The second-order valence-corrected chi connectivity index (χ2v) is 5.08. The van der Waals surface area contributed by atoms with Crippen molar-refractivity contribution in [3.8, 4) is 0 Å². The Morgan fingerprint density at radius 3 is 2.79 bits per heavy atom. The molecule has 0 saturated heterocycles. The number of amides is 1. The summed E-state index contributed by atoms with van der Waals surface area (Å²) in [4.78, 5) is 22.7. The van der Waals surface area contributed by atoms with Gasteiger partial charge < -0.3 is 15.8 Å². The number of carbonyl (C=O) groups is 2. The lowest BCUT2D eigenvalue weighted by Gasteiger charge is -2.11. The molecule has 104 valence electrons. The number of hydrogen-bond donors (Lipinski definition) is 2. The van der Waals surface area contributed by atoms with Crippen LogP contribution in [0.5, 0.6) is 0 Å². The van der Waals surface area contributed by atoms with Gasteiger partial charge in [0.2, 0.25) is 5.91 Å². The van der Waals surface area contributed by atoms with Gasteiger partial charge in [-0.1, -0.05) is 0 Å². The van der Waals surface area contributed by atoms with Crippen molar-refractivity contribution in [3.63, 3.8) is 0 Å². The Kier molecular flexibility index (Phi) is 5.62. The molecule has 19 heavy (non-hydrogen) atoms. The summed E-state index contributed by atoms with van der Waals surface area (Å²) in [6.45, 7) is 1.66. The first-order valence-electron chi connectivity index (χ1n) is 5.48. The fourth-order valence-corrected chi connectivity index (χ4v) is 1.91. The van der Waals surface area contributed by atoms with Gasteiger partial charge in [-0.15, -0.1) is 11.8 Å². The Hall–Kier alpha value is -1.76. The largest absolute Gasteiger partial charge is 0.468 e. The molecule has 3 N–H and O–H groups in total. The predicted octanol–water partition coefficient (Wildman–Crippen LogP) is 1.64. The molecule has 0 fully saturated rings. The van der Waals surface area contributed by atoms with Gasteiger partial charge in [-0.25, -0.2) is 4.39 Å². The molecule has 1 amide bonds. The van der Waals surface area contributed by atoms with Crippen molar-refractivity contribution in [2.45, 2.75) is 12.2 Å². The maximum atomic E-state index is 13.0. The van der Waals surface area contributed by atoms with E-state index < -0.39 is 17.0 Å². The van der Waals surface area contributed by atoms with Crippen molar-refractivity contribution in [2.24, 2.45) is 0 Å². The smallest absolute Gasteiger partial charge is 0.315 e. The second kappa shape index (κ2) is 6.98. The zero-order chi connectivity index (χ0) is 14.4. The molecular formula is C12H15FN2O3S. The topological polar surface area (TPSA) is 81.4 Å². The lowest BCUT2D eigenvalue weighted by molar-refractivity contribution is -0.137. The molecule has 0 aliphatic rings. The van der Waals surface area contributed by atoms with E-state index in [0.717, 1.165) is 11.8 Å². The van der Waals surface area contributed by atoms with E-state index in [2.05, 4.69) is 10.1 Å². The Balaban J connectivity index is 2.53. The number of nitrogens with two attached hydrogens (primary N) is 1. The van der Waals surface area contributed by atoms with E-state index in [4.69, 9.17) is 5.73 Å². The first-order valence-corrected chi connectivity index (χ1v) is 6.53. The molecule has 0 saturated carbocycles. The van der Waals surface area contributed by atoms with Crippen LogP contribution in [0.15, 0.2) is 18.2 Å². The summed E-state index contributed by atoms with van der Waals surface area (Å²) in [5.74, 6) is -1.13. The number of rotatable bonds is 5. The number of anilines is 2. The maximum absolute atomic E-state index is 13.0. The fourth-order valence-electron chi connectivity index (χ4n) is 1.19. The van der Waals surface area contributed by atoms with Crippen LogP contribution in [0.3, 0.4) is 0 Å². The van der Waals surface area contributed by atoms with Crippen LogP contribution in [0.25, 0.3) is 0 Å². The van der Waals surface area contributed by atoms with Crippen LogP contribution in [-0.4, -0.2) is 30.0 Å². The number of ether oxygens (including phenoxy) is 1. The van der Waals surface area contributed by atoms with E-state index in [-0.39, 0.29) is 17.3 Å². The SMILES string of the molecule is COC(=O)CSC(C)C(=O)Nc1ccc(F)c(N)c1. The van der Waals surface area contributed by atoms with Crippen molar-refractivity contribution < 1.29 is 18.7 Å². The number of thioether (sulfide) groups is 1. The molecule has 1 aromatic rings. The minimum atomic E-state index is -0.536. The van der Waals surface area contributed by atoms with Gasteiger partial charge in [0.25, 0.3) is 0 Å². The Morgan fingerprint density at radius 2 is 2.21 bits per heavy atom. The molecule has 0 aliphatic carbocycles. The highest BCUT2D eigenvalue weighted by Gasteiger charge is 2.15.